The fourth-order valence-corrected chi connectivity index (χ4v) is 2.56. The molecule has 1 heterocycles. The Morgan fingerprint density at radius 3 is 2.78 bits per heavy atom. The average Bonchev–Trinajstić information content (AvgIpc) is 3.05. The first-order valence-corrected chi connectivity index (χ1v) is 8.00. The topological polar surface area (TPSA) is 99.4 Å². The molecule has 0 unspecified atom stereocenters. The van der Waals surface area contributed by atoms with Crippen LogP contribution in [0.25, 0.3) is 0 Å². The van der Waals surface area contributed by atoms with E-state index in [0.29, 0.717) is 28.8 Å². The van der Waals surface area contributed by atoms with Gasteiger partial charge in [0.05, 0.1) is 18.8 Å². The van der Waals surface area contributed by atoms with Crippen LogP contribution in [0, 0.1) is 0 Å². The number of methoxy groups -OCH3 is 1. The summed E-state index contributed by atoms with van der Waals surface area (Å²) in [5.41, 5.74) is 0.447. The Balaban J connectivity index is 1.78. The van der Waals surface area contributed by atoms with Crippen molar-refractivity contribution >= 4 is 17.7 Å². The molecular weight excluding hydrogens is 320 g/mol. The molecule has 0 aliphatic carbocycles. The molecule has 2 aromatic rings. The van der Waals surface area contributed by atoms with Gasteiger partial charge < -0.3 is 14.6 Å². The number of aliphatic hydroxyl groups is 1. The van der Waals surface area contributed by atoms with Gasteiger partial charge in [0.1, 0.15) is 12.4 Å². The maximum atomic E-state index is 11.3. The number of nitrogens with zero attached hydrogens (tertiary/aromatic N) is 4. The normalized spacial score (nSPS) is 12.0. The standard InChI is InChI=1S/C14H18N4O4S/c1-3-18-14(15-16-17-18)23-9-11(19)8-22-12-6-4-10(5-7-12)13(20)21-2/h4-7,11,19H,3,8-9H2,1-2H3/t11-/m1/s1. The number of thioether (sulfide) groups is 1. The molecule has 1 aromatic carbocycles. The Hall–Kier alpha value is -2.13. The third kappa shape index (κ3) is 4.93. The number of hydrogen-bond donors (Lipinski definition) is 1. The second-order valence-electron chi connectivity index (χ2n) is 4.57. The van der Waals surface area contributed by atoms with Gasteiger partial charge in [-0.3, -0.25) is 0 Å². The van der Waals surface area contributed by atoms with Gasteiger partial charge in [-0.1, -0.05) is 11.8 Å². The van der Waals surface area contributed by atoms with E-state index in [1.807, 2.05) is 6.92 Å². The van der Waals surface area contributed by atoms with Gasteiger partial charge >= 0.3 is 5.97 Å². The number of aliphatic hydroxyl groups excluding tert-OH is 1. The summed E-state index contributed by atoms with van der Waals surface area (Å²) in [5.74, 6) is 0.586. The Morgan fingerprint density at radius 2 is 2.13 bits per heavy atom. The number of carbonyl (C=O) groups excluding carboxylic acids is 1. The van der Waals surface area contributed by atoms with E-state index in [0.717, 1.165) is 0 Å². The van der Waals surface area contributed by atoms with Crippen LogP contribution >= 0.6 is 11.8 Å². The molecule has 0 amide bonds. The first kappa shape index (κ1) is 17.2. The number of tetrazole rings is 1. The van der Waals surface area contributed by atoms with E-state index >= 15 is 0 Å². The third-order valence-electron chi connectivity index (χ3n) is 2.92. The van der Waals surface area contributed by atoms with Crippen molar-refractivity contribution < 1.29 is 19.4 Å². The molecule has 0 bridgehead atoms. The summed E-state index contributed by atoms with van der Waals surface area (Å²) in [6.07, 6.45) is -0.665. The first-order chi connectivity index (χ1) is 11.1. The molecule has 2 rings (SSSR count). The first-order valence-electron chi connectivity index (χ1n) is 7.02. The van der Waals surface area contributed by atoms with Crippen LogP contribution in [0.1, 0.15) is 17.3 Å². The van der Waals surface area contributed by atoms with Gasteiger partial charge in [-0.05, 0) is 41.6 Å². The predicted molar refractivity (Wildman–Crippen MR) is 83.5 cm³/mol. The molecule has 124 valence electrons. The maximum Gasteiger partial charge on any atom is 0.337 e. The van der Waals surface area contributed by atoms with Crippen LogP contribution in [0.2, 0.25) is 0 Å². The zero-order chi connectivity index (χ0) is 16.7. The van der Waals surface area contributed by atoms with Gasteiger partial charge in [-0.2, -0.15) is 0 Å². The summed E-state index contributed by atoms with van der Waals surface area (Å²) in [6.45, 7) is 2.75. The lowest BCUT2D eigenvalue weighted by molar-refractivity contribution is 0.0600. The Kier molecular flexibility index (Phi) is 6.36. The van der Waals surface area contributed by atoms with Crippen molar-refractivity contribution in [3.05, 3.63) is 29.8 Å². The molecule has 0 fully saturated rings. The zero-order valence-corrected chi connectivity index (χ0v) is 13.7. The number of benzene rings is 1. The average molecular weight is 338 g/mol. The van der Waals surface area contributed by atoms with Crippen molar-refractivity contribution in [3.8, 4) is 5.75 Å². The molecule has 9 heteroatoms. The Morgan fingerprint density at radius 1 is 1.39 bits per heavy atom. The van der Waals surface area contributed by atoms with Crippen LogP contribution in [0.4, 0.5) is 0 Å². The number of esters is 1. The van der Waals surface area contributed by atoms with Crippen LogP contribution in [0.15, 0.2) is 29.4 Å². The van der Waals surface area contributed by atoms with Gasteiger partial charge in [0.2, 0.25) is 5.16 Å². The van der Waals surface area contributed by atoms with Crippen molar-refractivity contribution in [2.24, 2.45) is 0 Å². The highest BCUT2D eigenvalue weighted by Crippen LogP contribution is 2.16. The molecule has 0 spiro atoms. The highest BCUT2D eigenvalue weighted by molar-refractivity contribution is 7.99. The lowest BCUT2D eigenvalue weighted by Gasteiger charge is -2.12. The summed E-state index contributed by atoms with van der Waals surface area (Å²) < 4.78 is 11.8. The lowest BCUT2D eigenvalue weighted by atomic mass is 10.2. The van der Waals surface area contributed by atoms with Crippen molar-refractivity contribution in [2.75, 3.05) is 19.5 Å². The highest BCUT2D eigenvalue weighted by atomic mass is 32.2. The fourth-order valence-electron chi connectivity index (χ4n) is 1.71. The van der Waals surface area contributed by atoms with E-state index < -0.39 is 12.1 Å². The number of rotatable bonds is 8. The van der Waals surface area contributed by atoms with E-state index in [2.05, 4.69) is 20.3 Å². The minimum absolute atomic E-state index is 0.137. The second kappa shape index (κ2) is 8.49. The zero-order valence-electron chi connectivity index (χ0n) is 12.9. The third-order valence-corrected chi connectivity index (χ3v) is 4.02. The van der Waals surface area contributed by atoms with Crippen molar-refractivity contribution in [1.82, 2.24) is 20.2 Å². The summed E-state index contributed by atoms with van der Waals surface area (Å²) in [6, 6.07) is 6.53. The summed E-state index contributed by atoms with van der Waals surface area (Å²) in [5, 5.41) is 21.9. The number of aryl methyl sites for hydroxylation is 1. The molecule has 23 heavy (non-hydrogen) atoms. The van der Waals surface area contributed by atoms with E-state index in [9.17, 15) is 9.90 Å². The SMILES string of the molecule is CCn1nnnc1SC[C@H](O)COc1ccc(C(=O)OC)cc1. The minimum Gasteiger partial charge on any atom is -0.491 e. The van der Waals surface area contributed by atoms with E-state index in [-0.39, 0.29) is 6.61 Å². The minimum atomic E-state index is -0.665. The van der Waals surface area contributed by atoms with Crippen molar-refractivity contribution in [2.45, 2.75) is 24.7 Å². The quantitative estimate of drug-likeness (QED) is 0.562. The predicted octanol–water partition coefficient (Wildman–Crippen LogP) is 1.01. The monoisotopic (exact) mass is 338 g/mol. The summed E-state index contributed by atoms with van der Waals surface area (Å²) in [7, 11) is 1.33. The van der Waals surface area contributed by atoms with Crippen LogP contribution in [-0.2, 0) is 11.3 Å². The molecule has 0 radical (unpaired) electrons. The second-order valence-corrected chi connectivity index (χ2v) is 5.56. The van der Waals surface area contributed by atoms with E-state index in [1.165, 1.54) is 18.9 Å². The molecule has 1 atom stereocenters. The Bertz CT molecular complexity index is 632. The molecule has 0 saturated carbocycles. The van der Waals surface area contributed by atoms with E-state index in [1.54, 1.807) is 28.9 Å². The summed E-state index contributed by atoms with van der Waals surface area (Å²) >= 11 is 1.37. The molecule has 8 nitrogen and oxygen atoms in total. The largest absolute Gasteiger partial charge is 0.491 e. The molecule has 0 aliphatic heterocycles. The van der Waals surface area contributed by atoms with Gasteiger partial charge in [0, 0.05) is 12.3 Å². The summed E-state index contributed by atoms with van der Waals surface area (Å²) in [4.78, 5) is 11.3. The smallest absolute Gasteiger partial charge is 0.337 e. The molecule has 0 aliphatic rings. The highest BCUT2D eigenvalue weighted by Gasteiger charge is 2.11. The van der Waals surface area contributed by atoms with E-state index in [4.69, 9.17) is 4.74 Å². The van der Waals surface area contributed by atoms with Gasteiger partial charge in [-0.15, -0.1) is 5.10 Å². The number of ether oxygens (including phenoxy) is 2. The maximum absolute atomic E-state index is 11.3. The lowest BCUT2D eigenvalue weighted by Crippen LogP contribution is -2.20. The van der Waals surface area contributed by atoms with Crippen LogP contribution in [-0.4, -0.2) is 56.9 Å². The van der Waals surface area contributed by atoms with Gasteiger partial charge in [0.25, 0.3) is 0 Å². The molecule has 0 saturated heterocycles. The molecular formula is C14H18N4O4S. The van der Waals surface area contributed by atoms with Gasteiger partial charge in [-0.25, -0.2) is 9.48 Å². The molecule has 1 N–H and O–H groups in total. The van der Waals surface area contributed by atoms with Crippen molar-refractivity contribution in [1.29, 1.82) is 0 Å². The number of carbonyl (C=O) groups is 1. The van der Waals surface area contributed by atoms with Crippen molar-refractivity contribution in [3.63, 3.8) is 0 Å². The van der Waals surface area contributed by atoms with Crippen LogP contribution in [0.3, 0.4) is 0 Å². The Labute approximate surface area is 137 Å². The fraction of sp³-hybridized carbons (Fsp3) is 0.429. The molecule has 1 aromatic heterocycles. The number of aromatic nitrogens is 4. The van der Waals surface area contributed by atoms with Gasteiger partial charge in [0.15, 0.2) is 0 Å². The number of hydrogen-bond acceptors (Lipinski definition) is 8. The van der Waals surface area contributed by atoms with Crippen LogP contribution in [0.5, 0.6) is 5.75 Å². The van der Waals surface area contributed by atoms with Crippen LogP contribution < -0.4 is 4.74 Å².